The van der Waals surface area contributed by atoms with E-state index in [0.717, 1.165) is 0 Å². The Bertz CT molecular complexity index is 332. The standard InChI is InChI=1S/C12H24N4O4/c1-11(2,9(17)19-7-5-13)15-16-12(3,4)10(18)20-8-6-14/h5-8,13-14H2,1-4H3/b16-15+. The molecule has 0 fully saturated rings. The van der Waals surface area contributed by atoms with Gasteiger partial charge in [0, 0.05) is 13.1 Å². The Morgan fingerprint density at radius 2 is 1.15 bits per heavy atom. The van der Waals surface area contributed by atoms with Gasteiger partial charge < -0.3 is 20.9 Å². The van der Waals surface area contributed by atoms with Gasteiger partial charge >= 0.3 is 11.9 Å². The Balaban J connectivity index is 4.72. The number of carbonyl (C=O) groups excluding carboxylic acids is 2. The van der Waals surface area contributed by atoms with Crippen molar-refractivity contribution < 1.29 is 19.1 Å². The highest BCUT2D eigenvalue weighted by atomic mass is 16.5. The van der Waals surface area contributed by atoms with E-state index in [2.05, 4.69) is 10.2 Å². The summed E-state index contributed by atoms with van der Waals surface area (Å²) in [5, 5.41) is 7.77. The lowest BCUT2D eigenvalue weighted by molar-refractivity contribution is -0.150. The zero-order valence-electron chi connectivity index (χ0n) is 12.5. The van der Waals surface area contributed by atoms with Crippen LogP contribution >= 0.6 is 0 Å². The highest BCUT2D eigenvalue weighted by Crippen LogP contribution is 2.18. The number of nitrogens with two attached hydrogens (primary N) is 2. The molecular weight excluding hydrogens is 264 g/mol. The van der Waals surface area contributed by atoms with Gasteiger partial charge in [0.25, 0.3) is 0 Å². The minimum Gasteiger partial charge on any atom is -0.463 e. The SMILES string of the molecule is CC(C)(/N=N/C(C)(C)C(=O)OCCN)C(=O)OCCN. The third-order valence-corrected chi connectivity index (χ3v) is 2.25. The van der Waals surface area contributed by atoms with Crippen LogP contribution in [0.2, 0.25) is 0 Å². The van der Waals surface area contributed by atoms with Crippen molar-refractivity contribution in [1.82, 2.24) is 0 Å². The molecule has 4 N–H and O–H groups in total. The molecular formula is C12H24N4O4. The first-order valence-electron chi connectivity index (χ1n) is 6.36. The van der Waals surface area contributed by atoms with Gasteiger partial charge in [-0.05, 0) is 27.7 Å². The summed E-state index contributed by atoms with van der Waals surface area (Å²) in [5.41, 5.74) is 8.11. The van der Waals surface area contributed by atoms with E-state index in [9.17, 15) is 9.59 Å². The van der Waals surface area contributed by atoms with Crippen molar-refractivity contribution in [2.75, 3.05) is 26.3 Å². The highest BCUT2D eigenvalue weighted by Gasteiger charge is 2.34. The van der Waals surface area contributed by atoms with Gasteiger partial charge in [0.2, 0.25) is 0 Å². The molecule has 0 spiro atoms. The minimum absolute atomic E-state index is 0.111. The lowest BCUT2D eigenvalue weighted by Gasteiger charge is -2.20. The second-order valence-electron chi connectivity index (χ2n) is 5.17. The second kappa shape index (κ2) is 7.91. The maximum absolute atomic E-state index is 11.7. The number of ether oxygens (including phenoxy) is 2. The van der Waals surface area contributed by atoms with Crippen molar-refractivity contribution in [3.8, 4) is 0 Å². The molecule has 0 amide bonds. The molecule has 8 heteroatoms. The van der Waals surface area contributed by atoms with Gasteiger partial charge in [-0.15, -0.1) is 0 Å². The maximum Gasteiger partial charge on any atom is 0.335 e. The molecule has 0 aromatic heterocycles. The molecule has 0 bridgehead atoms. The molecule has 0 aliphatic heterocycles. The van der Waals surface area contributed by atoms with Crippen LogP contribution in [0.4, 0.5) is 0 Å². The van der Waals surface area contributed by atoms with Crippen molar-refractivity contribution in [2.45, 2.75) is 38.8 Å². The van der Waals surface area contributed by atoms with Crippen LogP contribution < -0.4 is 11.5 Å². The third kappa shape index (κ3) is 6.07. The van der Waals surface area contributed by atoms with E-state index in [-0.39, 0.29) is 26.3 Å². The van der Waals surface area contributed by atoms with Crippen LogP contribution in [-0.4, -0.2) is 49.3 Å². The van der Waals surface area contributed by atoms with E-state index in [1.807, 2.05) is 0 Å². The zero-order chi connectivity index (χ0) is 15.8. The predicted octanol–water partition coefficient (Wildman–Crippen LogP) is -0.000400. The molecule has 0 saturated heterocycles. The van der Waals surface area contributed by atoms with Gasteiger partial charge in [0.1, 0.15) is 13.2 Å². The largest absolute Gasteiger partial charge is 0.463 e. The first-order chi connectivity index (χ1) is 9.17. The molecule has 0 saturated carbocycles. The van der Waals surface area contributed by atoms with Gasteiger partial charge in [-0.3, -0.25) is 0 Å². The van der Waals surface area contributed by atoms with Crippen LogP contribution in [0.15, 0.2) is 10.2 Å². The normalized spacial score (nSPS) is 12.5. The number of esters is 2. The average molecular weight is 288 g/mol. The average Bonchev–Trinajstić information content (AvgIpc) is 2.39. The molecule has 0 aromatic rings. The third-order valence-electron chi connectivity index (χ3n) is 2.25. The van der Waals surface area contributed by atoms with Gasteiger partial charge in [-0.25, -0.2) is 9.59 Å². The predicted molar refractivity (Wildman–Crippen MR) is 73.0 cm³/mol. The molecule has 0 rings (SSSR count). The molecule has 20 heavy (non-hydrogen) atoms. The van der Waals surface area contributed by atoms with E-state index in [1.165, 1.54) is 27.7 Å². The summed E-state index contributed by atoms with van der Waals surface area (Å²) in [6.45, 7) is 6.84. The van der Waals surface area contributed by atoms with Crippen molar-refractivity contribution in [3.63, 3.8) is 0 Å². The van der Waals surface area contributed by atoms with Gasteiger partial charge in [-0.2, -0.15) is 10.2 Å². The number of hydrogen-bond acceptors (Lipinski definition) is 8. The Morgan fingerprint density at radius 1 is 0.850 bits per heavy atom. The summed E-state index contributed by atoms with van der Waals surface area (Å²) in [6, 6.07) is 0. The second-order valence-corrected chi connectivity index (χ2v) is 5.17. The molecule has 0 aromatic carbocycles. The first-order valence-corrected chi connectivity index (χ1v) is 6.36. The number of azo groups is 1. The van der Waals surface area contributed by atoms with Crippen molar-refractivity contribution in [1.29, 1.82) is 0 Å². The van der Waals surface area contributed by atoms with Crippen molar-refractivity contribution in [2.24, 2.45) is 21.7 Å². The molecule has 0 aliphatic carbocycles. The summed E-state index contributed by atoms with van der Waals surface area (Å²) in [6.07, 6.45) is 0. The fourth-order valence-corrected chi connectivity index (χ4v) is 0.988. The van der Waals surface area contributed by atoms with Crippen LogP contribution in [0.5, 0.6) is 0 Å². The fraction of sp³-hybridized carbons (Fsp3) is 0.833. The Hall–Kier alpha value is -1.54. The monoisotopic (exact) mass is 288 g/mol. The molecule has 8 nitrogen and oxygen atoms in total. The number of carbonyl (C=O) groups is 2. The number of rotatable bonds is 8. The van der Waals surface area contributed by atoms with Crippen molar-refractivity contribution >= 4 is 11.9 Å². The summed E-state index contributed by atoms with van der Waals surface area (Å²) in [5.74, 6) is -1.12. The number of nitrogens with zero attached hydrogens (tertiary/aromatic N) is 2. The van der Waals surface area contributed by atoms with Gasteiger partial charge in [-0.1, -0.05) is 0 Å². The lowest BCUT2D eigenvalue weighted by Crippen LogP contribution is -2.36. The smallest absolute Gasteiger partial charge is 0.335 e. The Morgan fingerprint density at radius 3 is 1.40 bits per heavy atom. The minimum atomic E-state index is -1.19. The van der Waals surface area contributed by atoms with Gasteiger partial charge in [0.05, 0.1) is 0 Å². The van der Waals surface area contributed by atoms with E-state index in [4.69, 9.17) is 20.9 Å². The van der Waals surface area contributed by atoms with E-state index >= 15 is 0 Å². The van der Waals surface area contributed by atoms with Crippen LogP contribution in [0.1, 0.15) is 27.7 Å². The molecule has 0 heterocycles. The van der Waals surface area contributed by atoms with Crippen LogP contribution in [0, 0.1) is 0 Å². The fourth-order valence-electron chi connectivity index (χ4n) is 0.988. The molecule has 116 valence electrons. The first kappa shape index (κ1) is 18.5. The maximum atomic E-state index is 11.7. The molecule has 0 unspecified atom stereocenters. The highest BCUT2D eigenvalue weighted by molar-refractivity contribution is 5.81. The molecule has 0 radical (unpaired) electrons. The molecule has 0 aliphatic rings. The Kier molecular flexibility index (Phi) is 7.30. The number of hydrogen-bond donors (Lipinski definition) is 2. The van der Waals surface area contributed by atoms with E-state index in [0.29, 0.717) is 0 Å². The van der Waals surface area contributed by atoms with Gasteiger partial charge in [0.15, 0.2) is 11.1 Å². The lowest BCUT2D eigenvalue weighted by atomic mass is 10.1. The van der Waals surface area contributed by atoms with Crippen LogP contribution in [0.25, 0.3) is 0 Å². The van der Waals surface area contributed by atoms with E-state index in [1.54, 1.807) is 0 Å². The summed E-state index contributed by atoms with van der Waals surface area (Å²) in [7, 11) is 0. The molecule has 0 atom stereocenters. The Labute approximate surface area is 118 Å². The van der Waals surface area contributed by atoms with Crippen LogP contribution in [0.3, 0.4) is 0 Å². The van der Waals surface area contributed by atoms with E-state index < -0.39 is 23.0 Å². The zero-order valence-corrected chi connectivity index (χ0v) is 12.5. The topological polar surface area (TPSA) is 129 Å². The summed E-state index contributed by atoms with van der Waals surface area (Å²) < 4.78 is 9.79. The quantitative estimate of drug-likeness (QED) is 0.477. The van der Waals surface area contributed by atoms with Crippen LogP contribution in [-0.2, 0) is 19.1 Å². The summed E-state index contributed by atoms with van der Waals surface area (Å²) >= 11 is 0. The summed E-state index contributed by atoms with van der Waals surface area (Å²) in [4.78, 5) is 23.4. The van der Waals surface area contributed by atoms with Crippen molar-refractivity contribution in [3.05, 3.63) is 0 Å².